The first-order valence-corrected chi connectivity index (χ1v) is 6.58. The van der Waals surface area contributed by atoms with Crippen molar-refractivity contribution in [3.8, 4) is 0 Å². The monoisotopic (exact) mass is 246 g/mol. The van der Waals surface area contributed by atoms with Gasteiger partial charge in [-0.05, 0) is 18.6 Å². The van der Waals surface area contributed by atoms with Crippen molar-refractivity contribution < 1.29 is 0 Å². The molecule has 17 heavy (non-hydrogen) atoms. The van der Waals surface area contributed by atoms with Crippen molar-refractivity contribution >= 4 is 22.3 Å². The molecule has 0 radical (unpaired) electrons. The zero-order valence-electron chi connectivity index (χ0n) is 9.41. The van der Waals surface area contributed by atoms with Crippen molar-refractivity contribution in [1.82, 2.24) is 9.97 Å². The predicted molar refractivity (Wildman–Crippen MR) is 70.3 cm³/mol. The van der Waals surface area contributed by atoms with Crippen LogP contribution in [0.3, 0.4) is 0 Å². The molecular weight excluding hydrogens is 232 g/mol. The van der Waals surface area contributed by atoms with E-state index in [4.69, 9.17) is 5.73 Å². The summed E-state index contributed by atoms with van der Waals surface area (Å²) < 4.78 is 0. The highest BCUT2D eigenvalue weighted by molar-refractivity contribution is 7.13. The minimum Gasteiger partial charge on any atom is -0.375 e. The molecule has 1 fully saturated rings. The molecule has 1 atom stereocenters. The topological polar surface area (TPSA) is 55.0 Å². The molecule has 3 heterocycles. The van der Waals surface area contributed by atoms with Gasteiger partial charge in [-0.1, -0.05) is 6.07 Å². The van der Waals surface area contributed by atoms with E-state index in [1.807, 2.05) is 18.3 Å². The summed E-state index contributed by atoms with van der Waals surface area (Å²) >= 11 is 1.52. The fourth-order valence-corrected chi connectivity index (χ4v) is 2.88. The number of nitrogens with two attached hydrogens (primary N) is 1. The second kappa shape index (κ2) is 4.33. The number of aromatic nitrogens is 2. The molecule has 1 aliphatic heterocycles. The summed E-state index contributed by atoms with van der Waals surface area (Å²) in [5.41, 5.74) is 6.80. The van der Waals surface area contributed by atoms with E-state index < -0.39 is 0 Å². The van der Waals surface area contributed by atoms with Crippen LogP contribution in [-0.2, 0) is 0 Å². The lowest BCUT2D eigenvalue weighted by Crippen LogP contribution is -2.20. The van der Waals surface area contributed by atoms with Gasteiger partial charge in [-0.15, -0.1) is 11.3 Å². The maximum absolute atomic E-state index is 5.67. The molecule has 2 N–H and O–H groups in total. The first-order chi connectivity index (χ1) is 8.33. The highest BCUT2D eigenvalue weighted by atomic mass is 32.1. The summed E-state index contributed by atoms with van der Waals surface area (Å²) in [5.74, 6) is 1.55. The summed E-state index contributed by atoms with van der Waals surface area (Å²) in [5, 5.41) is 2.73. The summed E-state index contributed by atoms with van der Waals surface area (Å²) in [6, 6.07) is 6.02. The molecule has 0 spiro atoms. The summed E-state index contributed by atoms with van der Waals surface area (Å²) in [6.07, 6.45) is 2.96. The molecular formula is C12H14N4S. The molecule has 0 amide bonds. The lowest BCUT2D eigenvalue weighted by molar-refractivity contribution is 0.751. The lowest BCUT2D eigenvalue weighted by atomic mass is 10.1. The Labute approximate surface area is 104 Å². The first-order valence-electron chi connectivity index (χ1n) is 5.70. The van der Waals surface area contributed by atoms with E-state index in [0.29, 0.717) is 11.0 Å². The van der Waals surface area contributed by atoms with Crippen LogP contribution in [0.4, 0.5) is 10.9 Å². The van der Waals surface area contributed by atoms with Crippen LogP contribution in [0.2, 0.25) is 0 Å². The Hall–Kier alpha value is -1.62. The second-order valence-corrected chi connectivity index (χ2v) is 5.12. The number of nitrogen functional groups attached to an aromatic ring is 1. The third kappa shape index (κ3) is 2.10. The molecule has 0 aliphatic carbocycles. The Morgan fingerprint density at radius 1 is 1.41 bits per heavy atom. The number of thiazole rings is 1. The van der Waals surface area contributed by atoms with Crippen LogP contribution in [0.1, 0.15) is 18.0 Å². The van der Waals surface area contributed by atoms with Crippen molar-refractivity contribution in [2.45, 2.75) is 12.3 Å². The molecule has 2 aromatic heterocycles. The smallest absolute Gasteiger partial charge is 0.180 e. The zero-order valence-corrected chi connectivity index (χ0v) is 10.2. The minimum atomic E-state index is 0.491. The van der Waals surface area contributed by atoms with E-state index in [-0.39, 0.29) is 0 Å². The maximum Gasteiger partial charge on any atom is 0.180 e. The van der Waals surface area contributed by atoms with E-state index >= 15 is 0 Å². The van der Waals surface area contributed by atoms with E-state index in [9.17, 15) is 0 Å². The molecule has 0 bridgehead atoms. The van der Waals surface area contributed by atoms with Crippen LogP contribution in [0.5, 0.6) is 0 Å². The van der Waals surface area contributed by atoms with Gasteiger partial charge in [0.25, 0.3) is 0 Å². The van der Waals surface area contributed by atoms with Crippen molar-refractivity contribution in [3.05, 3.63) is 35.5 Å². The summed E-state index contributed by atoms with van der Waals surface area (Å²) in [4.78, 5) is 11.1. The molecule has 1 aliphatic rings. The molecule has 88 valence electrons. The van der Waals surface area contributed by atoms with Crippen LogP contribution in [-0.4, -0.2) is 23.1 Å². The number of anilines is 2. The van der Waals surface area contributed by atoms with Gasteiger partial charge in [0.15, 0.2) is 5.13 Å². The predicted octanol–water partition coefficient (Wildman–Crippen LogP) is 2.11. The van der Waals surface area contributed by atoms with Gasteiger partial charge in [-0.3, -0.25) is 0 Å². The average molecular weight is 246 g/mol. The van der Waals surface area contributed by atoms with Crippen molar-refractivity contribution in [3.63, 3.8) is 0 Å². The molecule has 0 saturated carbocycles. The van der Waals surface area contributed by atoms with E-state index in [0.717, 1.165) is 31.0 Å². The second-order valence-electron chi connectivity index (χ2n) is 4.23. The van der Waals surface area contributed by atoms with Crippen LogP contribution < -0.4 is 10.6 Å². The zero-order chi connectivity index (χ0) is 11.7. The highest BCUT2D eigenvalue weighted by Gasteiger charge is 2.26. The first kappa shape index (κ1) is 10.5. The maximum atomic E-state index is 5.67. The number of hydrogen-bond donors (Lipinski definition) is 1. The number of pyridine rings is 1. The third-order valence-corrected chi connectivity index (χ3v) is 3.81. The quantitative estimate of drug-likeness (QED) is 0.881. The minimum absolute atomic E-state index is 0.491. The SMILES string of the molecule is Nc1nc([C@@H]2CCN(c3ccccn3)C2)cs1. The average Bonchev–Trinajstić information content (AvgIpc) is 2.98. The molecule has 0 aromatic carbocycles. The van der Waals surface area contributed by atoms with Gasteiger partial charge in [0.2, 0.25) is 0 Å². The Balaban J connectivity index is 1.74. The third-order valence-electron chi connectivity index (χ3n) is 3.12. The van der Waals surface area contributed by atoms with Gasteiger partial charge in [-0.25, -0.2) is 9.97 Å². The molecule has 5 heteroatoms. The van der Waals surface area contributed by atoms with E-state index in [1.54, 1.807) is 0 Å². The highest BCUT2D eigenvalue weighted by Crippen LogP contribution is 2.30. The number of nitrogens with zero attached hydrogens (tertiary/aromatic N) is 3. The fourth-order valence-electron chi connectivity index (χ4n) is 2.24. The normalized spacial score (nSPS) is 19.8. The summed E-state index contributed by atoms with van der Waals surface area (Å²) in [6.45, 7) is 2.03. The Morgan fingerprint density at radius 3 is 3.06 bits per heavy atom. The fraction of sp³-hybridized carbons (Fsp3) is 0.333. The standard InChI is InChI=1S/C12H14N4S/c13-12-15-10(8-17-12)9-4-6-16(7-9)11-3-1-2-5-14-11/h1-3,5,8-9H,4,6-7H2,(H2,13,15)/t9-/m1/s1. The van der Waals surface area contributed by atoms with Crippen LogP contribution in [0.15, 0.2) is 29.8 Å². The van der Waals surface area contributed by atoms with Crippen LogP contribution >= 0.6 is 11.3 Å². The largest absolute Gasteiger partial charge is 0.375 e. The van der Waals surface area contributed by atoms with Crippen LogP contribution in [0, 0.1) is 0 Å². The van der Waals surface area contributed by atoms with Gasteiger partial charge in [0.1, 0.15) is 5.82 Å². The van der Waals surface area contributed by atoms with Gasteiger partial charge in [-0.2, -0.15) is 0 Å². The Bertz CT molecular complexity index is 496. The van der Waals surface area contributed by atoms with E-state index in [2.05, 4.69) is 26.3 Å². The van der Waals surface area contributed by atoms with Crippen molar-refractivity contribution in [1.29, 1.82) is 0 Å². The lowest BCUT2D eigenvalue weighted by Gasteiger charge is -2.16. The Kier molecular flexibility index (Phi) is 2.68. The number of hydrogen-bond acceptors (Lipinski definition) is 5. The van der Waals surface area contributed by atoms with E-state index in [1.165, 1.54) is 11.3 Å². The van der Waals surface area contributed by atoms with Crippen molar-refractivity contribution in [2.24, 2.45) is 0 Å². The molecule has 3 rings (SSSR count). The molecule has 0 unspecified atom stereocenters. The summed E-state index contributed by atoms with van der Waals surface area (Å²) in [7, 11) is 0. The van der Waals surface area contributed by atoms with Gasteiger partial charge < -0.3 is 10.6 Å². The van der Waals surface area contributed by atoms with Gasteiger partial charge in [0.05, 0.1) is 5.69 Å². The Morgan fingerprint density at radius 2 is 2.35 bits per heavy atom. The van der Waals surface area contributed by atoms with Crippen molar-refractivity contribution in [2.75, 3.05) is 23.7 Å². The van der Waals surface area contributed by atoms with Gasteiger partial charge >= 0.3 is 0 Å². The number of rotatable bonds is 2. The molecule has 2 aromatic rings. The van der Waals surface area contributed by atoms with Gasteiger partial charge in [0, 0.05) is 30.6 Å². The molecule has 1 saturated heterocycles. The molecule has 4 nitrogen and oxygen atoms in total. The van der Waals surface area contributed by atoms with Crippen LogP contribution in [0.25, 0.3) is 0 Å².